The summed E-state index contributed by atoms with van der Waals surface area (Å²) in [5.74, 6) is 0. The van der Waals surface area contributed by atoms with E-state index in [-0.39, 0.29) is 13.1 Å². The molecule has 12 rings (SSSR count). The molecule has 1 spiro atoms. The molecule has 0 aromatic heterocycles. The predicted octanol–water partition coefficient (Wildman–Crippen LogP) is 11.4. The number of fused-ring (bicyclic) bond motifs is 10. The summed E-state index contributed by atoms with van der Waals surface area (Å²) in [7, 11) is 3.74. The Labute approximate surface area is 230 Å². The van der Waals surface area contributed by atoms with Gasteiger partial charge in [0.25, 0.3) is 0 Å². The third-order valence-electron chi connectivity index (χ3n) is 22.5. The van der Waals surface area contributed by atoms with Gasteiger partial charge >= 0.3 is 231 Å². The molecule has 2 aromatic rings. The fourth-order valence-electron chi connectivity index (χ4n) is 23.1. The van der Waals surface area contributed by atoms with Crippen LogP contribution in [0.3, 0.4) is 0 Å². The van der Waals surface area contributed by atoms with Crippen LogP contribution in [0.5, 0.6) is 0 Å². The zero-order valence-electron chi connectivity index (χ0n) is 25.2. The second kappa shape index (κ2) is 3.29. The fraction of sp³-hybridized carbons (Fsp3) is 0.667. The van der Waals surface area contributed by atoms with Crippen LogP contribution in [0.4, 0.5) is 0 Å². The van der Waals surface area contributed by atoms with Gasteiger partial charge in [-0.25, -0.2) is 0 Å². The van der Waals surface area contributed by atoms with Crippen molar-refractivity contribution in [2.45, 2.75) is 131 Å². The van der Waals surface area contributed by atoms with Crippen molar-refractivity contribution in [3.63, 3.8) is 0 Å². The van der Waals surface area contributed by atoms with Gasteiger partial charge in [-0.3, -0.25) is 0 Å². The molecule has 10 fully saturated rings. The zero-order chi connectivity index (χ0) is 27.1. The molecule has 10 aliphatic rings. The van der Waals surface area contributed by atoms with Gasteiger partial charge in [0.1, 0.15) is 0 Å². The Morgan fingerprint density at radius 3 is 1.51 bits per heavy atom. The van der Waals surface area contributed by atoms with Crippen molar-refractivity contribution in [2.24, 2.45) is 0 Å². The summed E-state index contributed by atoms with van der Waals surface area (Å²) in [5.41, 5.74) is 6.50. The van der Waals surface area contributed by atoms with Gasteiger partial charge in [0.2, 0.25) is 0 Å². The van der Waals surface area contributed by atoms with Crippen molar-refractivity contribution in [3.05, 3.63) is 70.8 Å². The second-order valence-corrected chi connectivity index (χ2v) is 47.0. The van der Waals surface area contributed by atoms with Crippen LogP contribution >= 0.6 is 17.2 Å². The van der Waals surface area contributed by atoms with Crippen molar-refractivity contribution >= 4 is 17.2 Å². The monoisotopic (exact) mass is 598 g/mol. The van der Waals surface area contributed by atoms with Crippen LogP contribution in [-0.4, -0.2) is 16.5 Å². The van der Waals surface area contributed by atoms with Crippen LogP contribution in [0.15, 0.2) is 48.5 Å². The molecule has 0 saturated carbocycles. The molecule has 0 nitrogen and oxygen atoms in total. The minimum atomic E-state index is -3.83. The van der Waals surface area contributed by atoms with Crippen LogP contribution in [0.25, 0.3) is 0 Å². The SMILES string of the molecule is CCC(C)(C)P(C[C]12[CH]3[CH]4[CH]5[C]1(C(P)(c1ccccc1C)c1ccccc1C)[Fe]43521678[CH]2[CH]1[CH]6[CH]7[CH]28)C(C)(C)CC. The molecule has 0 amide bonds. The summed E-state index contributed by atoms with van der Waals surface area (Å²) in [6.45, 7) is 16.8. The maximum atomic E-state index is 3.80. The summed E-state index contributed by atoms with van der Waals surface area (Å²) in [6, 6.07) is 19.4. The Morgan fingerprint density at radius 2 is 1.15 bits per heavy atom. The van der Waals surface area contributed by atoms with Gasteiger partial charge < -0.3 is 0 Å². The molecule has 0 aliphatic carbocycles. The van der Waals surface area contributed by atoms with Crippen LogP contribution in [0.2, 0.25) is 47.2 Å². The molecule has 0 N–H and O–H groups in total. The molecule has 10 aliphatic heterocycles. The zero-order valence-corrected chi connectivity index (χ0v) is 28.4. The van der Waals surface area contributed by atoms with Crippen molar-refractivity contribution in [1.29, 1.82) is 0 Å². The summed E-state index contributed by atoms with van der Waals surface area (Å²) >= 11 is 0. The molecule has 10 heterocycles. The molecular weight excluding hydrogens is 550 g/mol. The van der Waals surface area contributed by atoms with E-state index in [1.807, 2.05) is 0 Å². The number of hydrogen-bond donors (Lipinski definition) is 0. The Kier molecular flexibility index (Phi) is 1.89. The van der Waals surface area contributed by atoms with Crippen LogP contribution in [-0.2, 0) is 11.7 Å². The first-order valence-electron chi connectivity index (χ1n) is 16.1. The Balaban J connectivity index is 1.20. The first-order chi connectivity index (χ1) is 18.2. The average molecular weight is 599 g/mol. The van der Waals surface area contributed by atoms with E-state index in [2.05, 4.69) is 113 Å². The van der Waals surface area contributed by atoms with E-state index < -0.39 is 6.51 Å². The van der Waals surface area contributed by atoms with E-state index in [0.717, 1.165) is 4.31 Å². The van der Waals surface area contributed by atoms with Crippen molar-refractivity contribution in [2.75, 3.05) is 6.16 Å². The summed E-state index contributed by atoms with van der Waals surface area (Å²) in [6.07, 6.45) is 4.36. The molecular formula is C36H48FeP2. The molecule has 2 aromatic carbocycles. The van der Waals surface area contributed by atoms with Gasteiger partial charge in [-0.1, -0.05) is 0 Å². The quantitative estimate of drug-likeness (QED) is 0.199. The summed E-state index contributed by atoms with van der Waals surface area (Å²) < 4.78 is 1.49. The molecule has 39 heavy (non-hydrogen) atoms. The van der Waals surface area contributed by atoms with E-state index >= 15 is 0 Å². The molecule has 6 unspecified atom stereocenters. The molecule has 10 saturated heterocycles. The molecule has 6 atom stereocenters. The molecule has 3 heteroatoms. The standard InChI is InChI=1S/C31H43P2.C5H5.Fe/c1-9-29(5,6)33(30(7,8)10-2)22-25-18-15-21-28(25)31(32,26-19-13-11-16-23(26)3)27-20-14-12-17-24(27)4;1-2-4-5-3-1;/h11-21H,9-10,22,32H2,1-8H3;1-5H;. The average Bonchev–Trinajstić information content (AvgIpc) is 3.86. The number of aryl methyl sites for hydroxylation is 2. The van der Waals surface area contributed by atoms with Crippen molar-refractivity contribution in [3.8, 4) is 0 Å². The Morgan fingerprint density at radius 1 is 0.718 bits per heavy atom. The van der Waals surface area contributed by atoms with Gasteiger partial charge in [-0.05, 0) is 0 Å². The first kappa shape index (κ1) is 22.4. The van der Waals surface area contributed by atoms with Gasteiger partial charge in [-0.2, -0.15) is 0 Å². The van der Waals surface area contributed by atoms with Crippen LogP contribution in [0.1, 0.15) is 76.6 Å². The van der Waals surface area contributed by atoms with E-state index in [1.54, 1.807) is 28.4 Å². The Bertz CT molecular complexity index is 1890. The third-order valence-corrected chi connectivity index (χ3v) is 72.0. The van der Waals surface area contributed by atoms with E-state index in [4.69, 9.17) is 0 Å². The van der Waals surface area contributed by atoms with E-state index in [9.17, 15) is 0 Å². The normalized spacial score (nSPS) is 62.0. The van der Waals surface area contributed by atoms with Crippen LogP contribution in [0, 0.1) is 13.8 Å². The number of rotatable bonds is 9. The van der Waals surface area contributed by atoms with E-state index in [1.165, 1.54) is 51.4 Å². The summed E-state index contributed by atoms with van der Waals surface area (Å²) in [5, 5.41) is 1.08. The molecule has 0 radical (unpaired) electrons. The van der Waals surface area contributed by atoms with Gasteiger partial charge in [-0.15, -0.1) is 0 Å². The fourth-order valence-corrected chi connectivity index (χ4v) is 111. The first-order valence-corrected chi connectivity index (χ1v) is 24.4. The van der Waals surface area contributed by atoms with Crippen LogP contribution < -0.4 is 0 Å². The third kappa shape index (κ3) is 0.566. The van der Waals surface area contributed by atoms with Gasteiger partial charge in [0.05, 0.1) is 0 Å². The number of hydrogen-bond acceptors (Lipinski definition) is 0. The molecule has 0 bridgehead atoms. The maximum absolute atomic E-state index is 3.83. The topological polar surface area (TPSA) is 0 Å². The number of benzene rings is 2. The minimum absolute atomic E-state index is 0.0598. The van der Waals surface area contributed by atoms with Crippen molar-refractivity contribution in [1.82, 2.24) is 0 Å². The van der Waals surface area contributed by atoms with Gasteiger partial charge in [0.15, 0.2) is 0 Å². The molecule has 210 valence electrons. The Hall–Kier alpha value is -0.181. The van der Waals surface area contributed by atoms with E-state index in [0.29, 0.717) is 14.6 Å². The van der Waals surface area contributed by atoms with Crippen molar-refractivity contribution < 1.29 is 6.51 Å². The predicted molar refractivity (Wildman–Crippen MR) is 169 cm³/mol. The summed E-state index contributed by atoms with van der Waals surface area (Å²) in [4.78, 5) is 10.4. The van der Waals surface area contributed by atoms with Gasteiger partial charge in [0, 0.05) is 0 Å². The second-order valence-electron chi connectivity index (χ2n) is 19.3.